The van der Waals surface area contributed by atoms with Crippen LogP contribution in [0.1, 0.15) is 16.8 Å². The number of nitrogens with one attached hydrogen (secondary N) is 1. The summed E-state index contributed by atoms with van der Waals surface area (Å²) >= 11 is 0. The number of hydrogen-bond acceptors (Lipinski definition) is 5. The van der Waals surface area contributed by atoms with Crippen molar-refractivity contribution in [3.8, 4) is 11.5 Å². The number of aromatic nitrogens is 2. The summed E-state index contributed by atoms with van der Waals surface area (Å²) in [4.78, 5) is 11.6. The van der Waals surface area contributed by atoms with Crippen LogP contribution in [0.4, 0.5) is 13.2 Å². The van der Waals surface area contributed by atoms with Crippen molar-refractivity contribution in [2.24, 2.45) is 0 Å². The van der Waals surface area contributed by atoms with Crippen molar-refractivity contribution < 1.29 is 32.2 Å². The third-order valence-electron chi connectivity index (χ3n) is 3.43. The quantitative estimate of drug-likeness (QED) is 0.660. The normalized spacial score (nSPS) is 13.4. The lowest BCUT2D eigenvalue weighted by atomic mass is 10.2. The van der Waals surface area contributed by atoms with E-state index >= 15 is 0 Å². The van der Waals surface area contributed by atoms with Crippen LogP contribution in [-0.2, 0) is 22.1 Å². The van der Waals surface area contributed by atoms with Gasteiger partial charge in [-0.15, -0.1) is 0 Å². The summed E-state index contributed by atoms with van der Waals surface area (Å²) in [5.74, 6) is 0.546. The molecule has 0 atom stereocenters. The Balaban J connectivity index is 1.51. The lowest BCUT2D eigenvalue weighted by molar-refractivity contribution is -0.141. The molecule has 3 rings (SSSR count). The van der Waals surface area contributed by atoms with Crippen molar-refractivity contribution in [3.05, 3.63) is 47.3 Å². The lowest BCUT2D eigenvalue weighted by Crippen LogP contribution is -2.11. The van der Waals surface area contributed by atoms with Gasteiger partial charge in [-0.1, -0.05) is 6.07 Å². The molecule has 0 spiro atoms. The predicted octanol–water partition coefficient (Wildman–Crippen LogP) is 2.96. The molecule has 1 aromatic heterocycles. The maximum absolute atomic E-state index is 12.7. The van der Waals surface area contributed by atoms with Crippen molar-refractivity contribution in [1.82, 2.24) is 10.2 Å². The largest absolute Gasteiger partial charge is 0.462 e. The number of halogens is 3. The van der Waals surface area contributed by atoms with E-state index in [1.807, 2.05) is 5.10 Å². The third kappa shape index (κ3) is 4.11. The molecule has 1 aliphatic heterocycles. The molecule has 25 heavy (non-hydrogen) atoms. The zero-order valence-electron chi connectivity index (χ0n) is 12.8. The molecule has 0 aliphatic carbocycles. The molecular weight excluding hydrogens is 341 g/mol. The summed E-state index contributed by atoms with van der Waals surface area (Å²) in [6.45, 7) is -0.0363. The van der Waals surface area contributed by atoms with Crippen LogP contribution < -0.4 is 9.47 Å². The van der Waals surface area contributed by atoms with Crippen LogP contribution in [0.15, 0.2) is 30.5 Å². The maximum Gasteiger partial charge on any atom is 0.433 e. The predicted molar refractivity (Wildman–Crippen MR) is 79.9 cm³/mol. The van der Waals surface area contributed by atoms with E-state index in [1.165, 1.54) is 12.2 Å². The molecule has 0 saturated carbocycles. The number of benzene rings is 1. The van der Waals surface area contributed by atoms with Crippen molar-refractivity contribution in [1.29, 1.82) is 0 Å². The zero-order valence-corrected chi connectivity index (χ0v) is 12.8. The number of hydrogen-bond donors (Lipinski definition) is 1. The Kier molecular flexibility index (Phi) is 4.64. The number of aromatic amines is 1. The number of esters is 1. The average molecular weight is 354 g/mol. The van der Waals surface area contributed by atoms with Crippen molar-refractivity contribution in [2.45, 2.75) is 12.6 Å². The van der Waals surface area contributed by atoms with Gasteiger partial charge in [-0.2, -0.15) is 18.3 Å². The zero-order chi connectivity index (χ0) is 17.9. The Morgan fingerprint density at radius 2 is 2.12 bits per heavy atom. The number of carbonyl (C=O) groups excluding carboxylic acids is 1. The molecule has 0 bridgehead atoms. The first-order valence-corrected chi connectivity index (χ1v) is 7.27. The molecule has 1 aromatic carbocycles. The summed E-state index contributed by atoms with van der Waals surface area (Å²) in [7, 11) is 0. The van der Waals surface area contributed by atoms with Gasteiger partial charge in [0.2, 0.25) is 6.79 Å². The van der Waals surface area contributed by atoms with Crippen LogP contribution in [0.2, 0.25) is 0 Å². The van der Waals surface area contributed by atoms with Gasteiger partial charge < -0.3 is 14.2 Å². The number of fused-ring (bicyclic) bond motifs is 1. The first-order chi connectivity index (χ1) is 11.9. The summed E-state index contributed by atoms with van der Waals surface area (Å²) in [5, 5.41) is 5.27. The number of rotatable bonds is 5. The van der Waals surface area contributed by atoms with E-state index in [-0.39, 0.29) is 25.4 Å². The highest BCUT2D eigenvalue weighted by Crippen LogP contribution is 2.33. The molecule has 132 valence electrons. The number of ether oxygens (including phenoxy) is 3. The van der Waals surface area contributed by atoms with Crippen LogP contribution in [-0.4, -0.2) is 29.6 Å². The minimum Gasteiger partial charge on any atom is -0.462 e. The first-order valence-electron chi connectivity index (χ1n) is 7.27. The highest BCUT2D eigenvalue weighted by Gasteiger charge is 2.35. The summed E-state index contributed by atoms with van der Waals surface area (Å²) in [6.07, 6.45) is -0.829. The average Bonchev–Trinajstić information content (AvgIpc) is 3.20. The third-order valence-corrected chi connectivity index (χ3v) is 3.43. The molecule has 0 unspecified atom stereocenters. The Labute approximate surface area is 140 Å². The SMILES string of the molecule is O=C(C=Cc1ccc2c(c1)OCO2)OCCc1cn[nH]c1C(F)(F)F. The van der Waals surface area contributed by atoms with E-state index in [4.69, 9.17) is 14.2 Å². The molecule has 9 heteroatoms. The Morgan fingerprint density at radius 1 is 1.32 bits per heavy atom. The molecule has 1 aliphatic rings. The number of carbonyl (C=O) groups is 1. The van der Waals surface area contributed by atoms with E-state index in [2.05, 4.69) is 5.10 Å². The fourth-order valence-electron chi connectivity index (χ4n) is 2.24. The molecule has 2 aromatic rings. The molecule has 0 amide bonds. The van der Waals surface area contributed by atoms with E-state index in [9.17, 15) is 18.0 Å². The number of alkyl halides is 3. The summed E-state index contributed by atoms with van der Waals surface area (Å²) in [6, 6.07) is 5.15. The molecule has 1 N–H and O–H groups in total. The van der Waals surface area contributed by atoms with E-state index in [1.54, 1.807) is 18.2 Å². The van der Waals surface area contributed by atoms with Crippen LogP contribution in [0.5, 0.6) is 11.5 Å². The minimum absolute atomic E-state index is 0.0555. The first kappa shape index (κ1) is 16.9. The second-order valence-corrected chi connectivity index (χ2v) is 5.13. The fraction of sp³-hybridized carbons (Fsp3) is 0.250. The maximum atomic E-state index is 12.7. The highest BCUT2D eigenvalue weighted by molar-refractivity contribution is 5.87. The standard InChI is InChI=1S/C16H13F3N2O4/c17-16(18,19)15-11(8-20-21-15)5-6-23-14(22)4-2-10-1-3-12-13(7-10)25-9-24-12/h1-4,7-8H,5-6,9H2,(H,20,21). The summed E-state index contributed by atoms with van der Waals surface area (Å²) < 4.78 is 53.3. The smallest absolute Gasteiger partial charge is 0.433 e. The van der Waals surface area contributed by atoms with Gasteiger partial charge in [0.1, 0.15) is 5.69 Å². The second kappa shape index (κ2) is 6.88. The van der Waals surface area contributed by atoms with Crippen molar-refractivity contribution >= 4 is 12.0 Å². The van der Waals surface area contributed by atoms with Gasteiger partial charge >= 0.3 is 12.1 Å². The second-order valence-electron chi connectivity index (χ2n) is 5.13. The molecule has 0 radical (unpaired) electrons. The molecule has 6 nitrogen and oxygen atoms in total. The van der Waals surface area contributed by atoms with E-state index in [0.717, 1.165) is 6.20 Å². The van der Waals surface area contributed by atoms with Crippen LogP contribution in [0, 0.1) is 0 Å². The minimum atomic E-state index is -4.52. The van der Waals surface area contributed by atoms with Gasteiger partial charge in [0.25, 0.3) is 0 Å². The molecular formula is C16H13F3N2O4. The highest BCUT2D eigenvalue weighted by atomic mass is 19.4. The van der Waals surface area contributed by atoms with Gasteiger partial charge in [0.05, 0.1) is 12.8 Å². The summed E-state index contributed by atoms with van der Waals surface area (Å²) in [5.41, 5.74) is -0.283. The van der Waals surface area contributed by atoms with Gasteiger partial charge in [-0.05, 0) is 23.8 Å². The van der Waals surface area contributed by atoms with Crippen LogP contribution in [0.25, 0.3) is 6.08 Å². The van der Waals surface area contributed by atoms with Crippen LogP contribution >= 0.6 is 0 Å². The van der Waals surface area contributed by atoms with E-state index < -0.39 is 17.8 Å². The Morgan fingerprint density at radius 3 is 2.92 bits per heavy atom. The van der Waals surface area contributed by atoms with E-state index in [0.29, 0.717) is 17.1 Å². The van der Waals surface area contributed by atoms with Crippen molar-refractivity contribution in [3.63, 3.8) is 0 Å². The number of H-pyrrole nitrogens is 1. The van der Waals surface area contributed by atoms with Gasteiger partial charge in [0.15, 0.2) is 11.5 Å². The van der Waals surface area contributed by atoms with Gasteiger partial charge in [-0.3, -0.25) is 5.10 Å². The molecule has 0 fully saturated rings. The molecule has 2 heterocycles. The topological polar surface area (TPSA) is 73.4 Å². The monoisotopic (exact) mass is 354 g/mol. The van der Waals surface area contributed by atoms with Crippen LogP contribution in [0.3, 0.4) is 0 Å². The van der Waals surface area contributed by atoms with Gasteiger partial charge in [0, 0.05) is 18.1 Å². The van der Waals surface area contributed by atoms with Gasteiger partial charge in [-0.25, -0.2) is 4.79 Å². The Hall–Kier alpha value is -2.97. The lowest BCUT2D eigenvalue weighted by Gasteiger charge is -2.06. The fourth-order valence-corrected chi connectivity index (χ4v) is 2.24. The molecule has 0 saturated heterocycles. The van der Waals surface area contributed by atoms with Crippen molar-refractivity contribution in [2.75, 3.05) is 13.4 Å². The Bertz CT molecular complexity index is 799. The number of nitrogens with zero attached hydrogens (tertiary/aromatic N) is 1.